The summed E-state index contributed by atoms with van der Waals surface area (Å²) in [5.74, 6) is 1.35. The van der Waals surface area contributed by atoms with Gasteiger partial charge in [-0.25, -0.2) is 0 Å². The van der Waals surface area contributed by atoms with Crippen LogP contribution in [-0.4, -0.2) is 17.9 Å². The maximum Gasteiger partial charge on any atom is 0.194 e. The number of carbonyl (C=O) groups is 1. The van der Waals surface area contributed by atoms with Crippen molar-refractivity contribution in [2.75, 3.05) is 6.61 Å². The zero-order valence-corrected chi connectivity index (χ0v) is 17.0. The Bertz CT molecular complexity index is 725. The summed E-state index contributed by atoms with van der Waals surface area (Å²) < 4.78 is 11.4. The van der Waals surface area contributed by atoms with Gasteiger partial charge in [0.25, 0.3) is 0 Å². The normalized spacial score (nSPS) is 11.3. The molecule has 0 aliphatic carbocycles. The highest BCUT2D eigenvalue weighted by Gasteiger charge is 2.11. The molecule has 0 saturated carbocycles. The van der Waals surface area contributed by atoms with E-state index in [9.17, 15) is 4.79 Å². The van der Waals surface area contributed by atoms with E-state index < -0.39 is 0 Å². The number of Topliss-reactive ketones (excluding diaryl/α,β-unsaturated/α-hetero) is 1. The minimum Gasteiger partial charge on any atom is -0.490 e. The Morgan fingerprint density at radius 1 is 1.00 bits per heavy atom. The third-order valence-corrected chi connectivity index (χ3v) is 2.98. The Hall–Kier alpha value is -2.59. The van der Waals surface area contributed by atoms with Crippen LogP contribution in [0.4, 0.5) is 0 Å². The predicted molar refractivity (Wildman–Crippen MR) is 112 cm³/mol. The van der Waals surface area contributed by atoms with Gasteiger partial charge >= 0.3 is 0 Å². The number of nitrogens with two attached hydrogens (primary N) is 1. The molecule has 0 saturated heterocycles. The molecule has 2 aromatic rings. The van der Waals surface area contributed by atoms with Gasteiger partial charge in [-0.3, -0.25) is 4.79 Å². The molecular weight excluding hydrogens is 338 g/mol. The standard InChI is InChI=1S/C19H20O3.C4H11N/c1-3-13-21-17-11-7-8-12-18(17)22-19(15(2)20)14-16-9-5-4-6-10-16;1-4(2,3)5/h4-12,14H,3,13H2,1-2H3;5H2,1-3H3. The average Bonchev–Trinajstić information content (AvgIpc) is 2.60. The van der Waals surface area contributed by atoms with Gasteiger partial charge in [0.1, 0.15) is 0 Å². The van der Waals surface area contributed by atoms with Crippen molar-refractivity contribution in [3.05, 3.63) is 65.9 Å². The van der Waals surface area contributed by atoms with Gasteiger partial charge in [-0.1, -0.05) is 49.4 Å². The number of benzene rings is 2. The first-order valence-corrected chi connectivity index (χ1v) is 9.17. The molecule has 2 aromatic carbocycles. The zero-order chi connectivity index (χ0) is 20.3. The van der Waals surface area contributed by atoms with Gasteiger partial charge in [-0.2, -0.15) is 0 Å². The van der Waals surface area contributed by atoms with Gasteiger partial charge in [-0.15, -0.1) is 0 Å². The Kier molecular flexibility index (Phi) is 9.31. The number of ketones is 1. The van der Waals surface area contributed by atoms with E-state index in [1.54, 1.807) is 12.1 Å². The molecule has 27 heavy (non-hydrogen) atoms. The SMILES string of the molecule is CC(C)(C)N.CCCOc1ccccc1OC(=Cc1ccccc1)C(C)=O. The van der Waals surface area contributed by atoms with E-state index in [0.717, 1.165) is 12.0 Å². The lowest BCUT2D eigenvalue weighted by molar-refractivity contribution is -0.115. The Balaban J connectivity index is 0.000000646. The van der Waals surface area contributed by atoms with Crippen molar-refractivity contribution in [3.8, 4) is 11.5 Å². The number of rotatable bonds is 7. The highest BCUT2D eigenvalue weighted by Crippen LogP contribution is 2.29. The first-order valence-electron chi connectivity index (χ1n) is 9.17. The molecule has 0 aliphatic rings. The number of allylic oxidation sites excluding steroid dienone is 1. The van der Waals surface area contributed by atoms with Crippen LogP contribution in [0.5, 0.6) is 11.5 Å². The van der Waals surface area contributed by atoms with Crippen LogP contribution in [0.15, 0.2) is 60.4 Å². The van der Waals surface area contributed by atoms with E-state index in [1.165, 1.54) is 6.92 Å². The van der Waals surface area contributed by atoms with Crippen molar-refractivity contribution in [1.29, 1.82) is 0 Å². The van der Waals surface area contributed by atoms with Crippen molar-refractivity contribution in [1.82, 2.24) is 0 Å². The topological polar surface area (TPSA) is 61.6 Å². The van der Waals surface area contributed by atoms with Crippen molar-refractivity contribution < 1.29 is 14.3 Å². The van der Waals surface area contributed by atoms with Crippen molar-refractivity contribution in [3.63, 3.8) is 0 Å². The third kappa shape index (κ3) is 10.2. The average molecular weight is 370 g/mol. The molecule has 0 unspecified atom stereocenters. The van der Waals surface area contributed by atoms with Crippen LogP contribution in [-0.2, 0) is 4.79 Å². The molecule has 0 radical (unpaired) electrons. The van der Waals surface area contributed by atoms with Crippen LogP contribution in [0.3, 0.4) is 0 Å². The fourth-order valence-corrected chi connectivity index (χ4v) is 1.89. The second-order valence-corrected chi connectivity index (χ2v) is 7.24. The fraction of sp³-hybridized carbons (Fsp3) is 0.348. The summed E-state index contributed by atoms with van der Waals surface area (Å²) in [5, 5.41) is 0. The van der Waals surface area contributed by atoms with Crippen molar-refractivity contribution >= 4 is 11.9 Å². The first kappa shape index (κ1) is 22.5. The van der Waals surface area contributed by atoms with Gasteiger partial charge < -0.3 is 15.2 Å². The number of carbonyl (C=O) groups excluding carboxylic acids is 1. The van der Waals surface area contributed by atoms with Gasteiger partial charge in [0.15, 0.2) is 23.0 Å². The predicted octanol–water partition coefficient (Wildman–Crippen LogP) is 5.23. The fourth-order valence-electron chi connectivity index (χ4n) is 1.89. The lowest BCUT2D eigenvalue weighted by Gasteiger charge is -2.13. The monoisotopic (exact) mass is 369 g/mol. The summed E-state index contributed by atoms with van der Waals surface area (Å²) in [5.41, 5.74) is 6.27. The van der Waals surface area contributed by atoms with E-state index in [2.05, 4.69) is 0 Å². The summed E-state index contributed by atoms with van der Waals surface area (Å²) in [6, 6.07) is 17.0. The van der Waals surface area contributed by atoms with Gasteiger partial charge in [0.2, 0.25) is 0 Å². The Morgan fingerprint density at radius 3 is 2.04 bits per heavy atom. The molecule has 0 heterocycles. The largest absolute Gasteiger partial charge is 0.490 e. The molecule has 0 spiro atoms. The quantitative estimate of drug-likeness (QED) is 0.536. The number of ether oxygens (including phenoxy) is 2. The second-order valence-electron chi connectivity index (χ2n) is 7.24. The van der Waals surface area contributed by atoms with Crippen LogP contribution < -0.4 is 15.2 Å². The number of hydrogen-bond donors (Lipinski definition) is 1. The molecule has 2 N–H and O–H groups in total. The minimum atomic E-state index is -0.130. The zero-order valence-electron chi connectivity index (χ0n) is 17.0. The molecule has 0 aliphatic heterocycles. The smallest absolute Gasteiger partial charge is 0.194 e. The van der Waals surface area contributed by atoms with Crippen LogP contribution in [0.25, 0.3) is 6.08 Å². The lowest BCUT2D eigenvalue weighted by Crippen LogP contribution is -2.26. The highest BCUT2D eigenvalue weighted by molar-refractivity contribution is 5.96. The summed E-state index contributed by atoms with van der Waals surface area (Å²) in [7, 11) is 0. The molecule has 0 bridgehead atoms. The van der Waals surface area contributed by atoms with E-state index in [-0.39, 0.29) is 11.3 Å². The van der Waals surface area contributed by atoms with Gasteiger partial charge in [-0.05, 0) is 51.0 Å². The van der Waals surface area contributed by atoms with Crippen LogP contribution in [0.2, 0.25) is 0 Å². The second kappa shape index (κ2) is 11.2. The maximum absolute atomic E-state index is 11.8. The Morgan fingerprint density at radius 2 is 1.52 bits per heavy atom. The third-order valence-electron chi connectivity index (χ3n) is 2.98. The molecule has 4 nitrogen and oxygen atoms in total. The molecule has 2 rings (SSSR count). The summed E-state index contributed by atoms with van der Waals surface area (Å²) in [6.45, 7) is 10.0. The van der Waals surface area contributed by atoms with E-state index in [1.807, 2.05) is 76.2 Å². The molecule has 0 atom stereocenters. The van der Waals surface area contributed by atoms with Crippen LogP contribution >= 0.6 is 0 Å². The molecule has 0 aromatic heterocycles. The summed E-state index contributed by atoms with van der Waals surface area (Å²) in [6.07, 6.45) is 2.65. The maximum atomic E-state index is 11.8. The summed E-state index contributed by atoms with van der Waals surface area (Å²) >= 11 is 0. The van der Waals surface area contributed by atoms with E-state index in [0.29, 0.717) is 23.9 Å². The molecule has 0 fully saturated rings. The first-order chi connectivity index (χ1) is 12.7. The van der Waals surface area contributed by atoms with Gasteiger partial charge in [0.05, 0.1) is 6.61 Å². The molecule has 4 heteroatoms. The minimum absolute atomic E-state index is 0. The van der Waals surface area contributed by atoms with Crippen LogP contribution in [0, 0.1) is 0 Å². The summed E-state index contributed by atoms with van der Waals surface area (Å²) in [4.78, 5) is 11.8. The van der Waals surface area contributed by atoms with Crippen molar-refractivity contribution in [2.24, 2.45) is 5.73 Å². The van der Waals surface area contributed by atoms with Crippen molar-refractivity contribution in [2.45, 2.75) is 46.6 Å². The highest BCUT2D eigenvalue weighted by atomic mass is 16.5. The lowest BCUT2D eigenvalue weighted by atomic mass is 10.1. The van der Waals surface area contributed by atoms with Crippen LogP contribution in [0.1, 0.15) is 46.6 Å². The van der Waals surface area contributed by atoms with E-state index >= 15 is 0 Å². The molecule has 0 amide bonds. The molecule has 146 valence electrons. The van der Waals surface area contributed by atoms with Gasteiger partial charge in [0, 0.05) is 12.5 Å². The number of hydrogen-bond acceptors (Lipinski definition) is 4. The molecular formula is C23H31NO3. The Labute approximate surface area is 163 Å². The van der Waals surface area contributed by atoms with E-state index in [4.69, 9.17) is 15.2 Å². The number of para-hydroxylation sites is 2.